The van der Waals surface area contributed by atoms with Gasteiger partial charge in [0.1, 0.15) is 18.0 Å². The first-order chi connectivity index (χ1) is 11.6. The van der Waals surface area contributed by atoms with Gasteiger partial charge in [0, 0.05) is 28.4 Å². The van der Waals surface area contributed by atoms with Crippen LogP contribution in [0.5, 0.6) is 11.5 Å². The molecule has 3 rings (SSSR count). The molecular formula is C17H16BrN3O3. The quantitative estimate of drug-likeness (QED) is 0.725. The van der Waals surface area contributed by atoms with Crippen molar-refractivity contribution in [2.75, 3.05) is 19.5 Å². The third-order valence-corrected chi connectivity index (χ3v) is 4.18. The fourth-order valence-electron chi connectivity index (χ4n) is 2.44. The van der Waals surface area contributed by atoms with E-state index < -0.39 is 0 Å². The smallest absolute Gasteiger partial charge is 0.244 e. The van der Waals surface area contributed by atoms with Crippen LogP contribution in [0.15, 0.2) is 47.2 Å². The van der Waals surface area contributed by atoms with Gasteiger partial charge in [-0.2, -0.15) is 0 Å². The van der Waals surface area contributed by atoms with Crippen LogP contribution in [0.4, 0.5) is 5.69 Å². The van der Waals surface area contributed by atoms with Gasteiger partial charge in [-0.15, -0.1) is 0 Å². The third-order valence-electron chi connectivity index (χ3n) is 3.54. The summed E-state index contributed by atoms with van der Waals surface area (Å²) in [6.07, 6.45) is 1.65. The number of carbonyl (C=O) groups is 1. The van der Waals surface area contributed by atoms with Crippen LogP contribution in [-0.4, -0.2) is 29.7 Å². The van der Waals surface area contributed by atoms with Gasteiger partial charge >= 0.3 is 0 Å². The monoisotopic (exact) mass is 389 g/mol. The Labute approximate surface area is 147 Å². The van der Waals surface area contributed by atoms with Crippen LogP contribution >= 0.6 is 15.9 Å². The van der Waals surface area contributed by atoms with Gasteiger partial charge in [-0.25, -0.2) is 4.98 Å². The van der Waals surface area contributed by atoms with Crippen LogP contribution in [0, 0.1) is 0 Å². The van der Waals surface area contributed by atoms with E-state index in [0.29, 0.717) is 17.2 Å². The first-order valence-electron chi connectivity index (χ1n) is 7.23. The van der Waals surface area contributed by atoms with E-state index in [1.807, 2.05) is 18.2 Å². The molecular weight excluding hydrogens is 374 g/mol. The summed E-state index contributed by atoms with van der Waals surface area (Å²) < 4.78 is 13.1. The average molecular weight is 390 g/mol. The number of anilines is 1. The molecule has 124 valence electrons. The zero-order valence-electron chi connectivity index (χ0n) is 13.2. The number of nitrogens with zero attached hydrogens (tertiary/aromatic N) is 2. The van der Waals surface area contributed by atoms with Crippen molar-refractivity contribution in [3.8, 4) is 11.5 Å². The number of carbonyl (C=O) groups excluding carboxylic acids is 1. The number of para-hydroxylation sites is 1. The van der Waals surface area contributed by atoms with Crippen molar-refractivity contribution in [1.82, 2.24) is 9.55 Å². The van der Waals surface area contributed by atoms with Crippen molar-refractivity contribution >= 4 is 38.6 Å². The first kappa shape index (κ1) is 16.3. The first-order valence-corrected chi connectivity index (χ1v) is 8.02. The topological polar surface area (TPSA) is 65.4 Å². The van der Waals surface area contributed by atoms with Crippen molar-refractivity contribution in [1.29, 1.82) is 0 Å². The predicted molar refractivity (Wildman–Crippen MR) is 95.6 cm³/mol. The van der Waals surface area contributed by atoms with Crippen molar-refractivity contribution in [2.24, 2.45) is 0 Å². The number of benzene rings is 2. The lowest BCUT2D eigenvalue weighted by Crippen LogP contribution is -2.18. The molecule has 0 aliphatic heterocycles. The maximum Gasteiger partial charge on any atom is 0.244 e. The molecule has 24 heavy (non-hydrogen) atoms. The van der Waals surface area contributed by atoms with E-state index in [1.54, 1.807) is 43.3 Å². The van der Waals surface area contributed by atoms with Gasteiger partial charge in [0.25, 0.3) is 0 Å². The summed E-state index contributed by atoms with van der Waals surface area (Å²) in [7, 11) is 3.13. The summed E-state index contributed by atoms with van der Waals surface area (Å²) in [6, 6.07) is 11.0. The molecule has 0 aliphatic rings. The molecule has 0 aliphatic carbocycles. The number of halogens is 1. The van der Waals surface area contributed by atoms with Crippen LogP contribution in [0.3, 0.4) is 0 Å². The molecule has 0 atom stereocenters. The van der Waals surface area contributed by atoms with Gasteiger partial charge in [0.2, 0.25) is 5.91 Å². The maximum absolute atomic E-state index is 12.4. The molecule has 0 radical (unpaired) electrons. The van der Waals surface area contributed by atoms with Gasteiger partial charge in [0.05, 0.1) is 31.6 Å². The number of amides is 1. The minimum Gasteiger partial charge on any atom is -0.497 e. The summed E-state index contributed by atoms with van der Waals surface area (Å²) in [5.41, 5.74) is 2.33. The van der Waals surface area contributed by atoms with E-state index in [0.717, 1.165) is 15.5 Å². The summed E-state index contributed by atoms with van der Waals surface area (Å²) in [5, 5.41) is 2.85. The second-order valence-corrected chi connectivity index (χ2v) is 5.98. The molecule has 0 spiro atoms. The third kappa shape index (κ3) is 3.35. The highest BCUT2D eigenvalue weighted by atomic mass is 79.9. The van der Waals surface area contributed by atoms with Crippen molar-refractivity contribution in [2.45, 2.75) is 6.54 Å². The molecule has 3 aromatic rings. The van der Waals surface area contributed by atoms with Crippen molar-refractivity contribution in [3.05, 3.63) is 47.2 Å². The maximum atomic E-state index is 12.4. The van der Waals surface area contributed by atoms with Crippen LogP contribution in [0.2, 0.25) is 0 Å². The van der Waals surface area contributed by atoms with Crippen molar-refractivity contribution in [3.63, 3.8) is 0 Å². The Balaban J connectivity index is 1.80. The molecule has 6 nitrogen and oxygen atoms in total. The molecule has 0 unspecified atom stereocenters. The Morgan fingerprint density at radius 3 is 2.58 bits per heavy atom. The Morgan fingerprint density at radius 1 is 1.21 bits per heavy atom. The molecule has 1 N–H and O–H groups in total. The second-order valence-electron chi connectivity index (χ2n) is 5.13. The highest BCUT2D eigenvalue weighted by molar-refractivity contribution is 9.10. The SMILES string of the molecule is COc1cc(NC(=O)Cn2cnc3cccc(Br)c32)cc(OC)c1. The zero-order chi connectivity index (χ0) is 17.1. The largest absolute Gasteiger partial charge is 0.497 e. The Bertz CT molecular complexity index is 870. The van der Waals surface area contributed by atoms with Crippen molar-refractivity contribution < 1.29 is 14.3 Å². The fourth-order valence-corrected chi connectivity index (χ4v) is 3.02. The molecule has 0 saturated heterocycles. The molecule has 1 heterocycles. The van der Waals surface area contributed by atoms with Crippen LogP contribution in [-0.2, 0) is 11.3 Å². The Hall–Kier alpha value is -2.54. The second kappa shape index (κ2) is 6.92. The lowest BCUT2D eigenvalue weighted by atomic mass is 10.2. The molecule has 2 aromatic carbocycles. The number of methoxy groups -OCH3 is 2. The standard InChI is InChI=1S/C17H16BrN3O3/c1-23-12-6-11(7-13(8-12)24-2)20-16(22)9-21-10-19-15-5-3-4-14(18)17(15)21/h3-8,10H,9H2,1-2H3,(H,20,22). The lowest BCUT2D eigenvalue weighted by Gasteiger charge is -2.10. The highest BCUT2D eigenvalue weighted by Crippen LogP contribution is 2.26. The Kier molecular flexibility index (Phi) is 4.71. The number of rotatable bonds is 5. The van der Waals surface area contributed by atoms with Gasteiger partial charge in [0.15, 0.2) is 0 Å². The van der Waals surface area contributed by atoms with E-state index in [9.17, 15) is 4.79 Å². The molecule has 1 amide bonds. The van der Waals surface area contributed by atoms with Crippen LogP contribution in [0.1, 0.15) is 0 Å². The van der Waals surface area contributed by atoms with Crippen LogP contribution < -0.4 is 14.8 Å². The van der Waals surface area contributed by atoms with E-state index in [-0.39, 0.29) is 12.5 Å². The molecule has 0 saturated carbocycles. The van der Waals surface area contributed by atoms with Gasteiger partial charge in [-0.3, -0.25) is 4.79 Å². The van der Waals surface area contributed by atoms with Gasteiger partial charge < -0.3 is 19.4 Å². The summed E-state index contributed by atoms with van der Waals surface area (Å²) in [6.45, 7) is 0.151. The normalized spacial score (nSPS) is 10.6. The number of ether oxygens (including phenoxy) is 2. The summed E-state index contributed by atoms with van der Waals surface area (Å²) in [5.74, 6) is 1.06. The number of nitrogens with one attached hydrogen (secondary N) is 1. The van der Waals surface area contributed by atoms with Gasteiger partial charge in [-0.1, -0.05) is 6.07 Å². The average Bonchev–Trinajstić information content (AvgIpc) is 2.98. The zero-order valence-corrected chi connectivity index (χ0v) is 14.8. The van der Waals surface area contributed by atoms with E-state index >= 15 is 0 Å². The highest BCUT2D eigenvalue weighted by Gasteiger charge is 2.11. The van der Waals surface area contributed by atoms with Gasteiger partial charge in [-0.05, 0) is 28.1 Å². The predicted octanol–water partition coefficient (Wildman–Crippen LogP) is 3.45. The van der Waals surface area contributed by atoms with Crippen LogP contribution in [0.25, 0.3) is 11.0 Å². The van der Waals surface area contributed by atoms with E-state index in [2.05, 4.69) is 26.2 Å². The summed E-state index contributed by atoms with van der Waals surface area (Å²) >= 11 is 3.50. The Morgan fingerprint density at radius 2 is 1.92 bits per heavy atom. The van der Waals surface area contributed by atoms with E-state index in [4.69, 9.17) is 9.47 Å². The fraction of sp³-hybridized carbons (Fsp3) is 0.176. The number of fused-ring (bicyclic) bond motifs is 1. The number of aromatic nitrogens is 2. The minimum absolute atomic E-state index is 0.151. The summed E-state index contributed by atoms with van der Waals surface area (Å²) in [4.78, 5) is 16.7. The number of imidazole rings is 1. The van der Waals surface area contributed by atoms with E-state index in [1.165, 1.54) is 0 Å². The lowest BCUT2D eigenvalue weighted by molar-refractivity contribution is -0.116. The minimum atomic E-state index is -0.166. The molecule has 0 fully saturated rings. The molecule has 0 bridgehead atoms. The number of hydrogen-bond donors (Lipinski definition) is 1. The number of hydrogen-bond acceptors (Lipinski definition) is 4. The molecule has 1 aromatic heterocycles. The molecule has 7 heteroatoms.